The monoisotopic (exact) mass is 1010 g/mol. The molecule has 0 fully saturated rings. The van der Waals surface area contributed by atoms with Gasteiger partial charge in [0.2, 0.25) is 0 Å². The topological polar surface area (TPSA) is 43.9 Å². The van der Waals surface area contributed by atoms with Crippen molar-refractivity contribution in [2.75, 3.05) is 0 Å². The third-order valence-electron chi connectivity index (χ3n) is 10.8. The van der Waals surface area contributed by atoms with E-state index in [1.807, 2.05) is 48.5 Å². The van der Waals surface area contributed by atoms with Crippen LogP contribution in [0.1, 0.15) is 19.4 Å². The van der Waals surface area contributed by atoms with Crippen molar-refractivity contribution in [2.45, 2.75) is 37.5 Å². The van der Waals surface area contributed by atoms with Crippen LogP contribution >= 0.6 is 0 Å². The standard InChI is InChI=1S/C35H21N2O.C18H24GeN.Ir/c1-2-11-23(12-3-1)25-14-6-8-19-30(25)37-31-22-21-24-13-4-5-15-26(24)33(31)36-35(37)29-18-10-17-28-27-16-7-9-20-32(27)38-34(28)29;1-14(2)11-16-12-18(15-9-7-6-8-10-15)20-13-17(16)19(3,4)5;/h1-17,19-22H;6-9,12-14H,11H2,1-5H3;/q2*-1;. The molecule has 0 amide bonds. The summed E-state index contributed by atoms with van der Waals surface area (Å²) in [7, 11) is 0. The van der Waals surface area contributed by atoms with Crippen LogP contribution in [0.3, 0.4) is 0 Å². The van der Waals surface area contributed by atoms with E-state index < -0.39 is 13.3 Å². The number of hydrogen-bond acceptors (Lipinski definition) is 3. The Balaban J connectivity index is 0.000000197. The molecule has 0 aliphatic carbocycles. The molecule has 7 aromatic carbocycles. The second-order valence-corrected chi connectivity index (χ2v) is 26.9. The van der Waals surface area contributed by atoms with Crippen molar-refractivity contribution in [2.24, 2.45) is 5.92 Å². The van der Waals surface area contributed by atoms with Crippen molar-refractivity contribution in [1.82, 2.24) is 14.5 Å². The van der Waals surface area contributed by atoms with Crippen LogP contribution in [0.25, 0.3) is 83.2 Å². The molecule has 0 unspecified atom stereocenters. The maximum atomic E-state index is 6.44. The molecule has 0 spiro atoms. The third-order valence-corrected chi connectivity index (χ3v) is 15.1. The first-order valence-electron chi connectivity index (χ1n) is 20.1. The van der Waals surface area contributed by atoms with Crippen molar-refractivity contribution >= 4 is 61.4 Å². The number of imidazole rings is 1. The molecule has 10 rings (SSSR count). The van der Waals surface area contributed by atoms with Crippen LogP contribution < -0.4 is 4.40 Å². The zero-order valence-corrected chi connectivity index (χ0v) is 38.4. The average Bonchev–Trinajstić information content (AvgIpc) is 3.83. The summed E-state index contributed by atoms with van der Waals surface area (Å²) >= 11 is -1.86. The van der Waals surface area contributed by atoms with Crippen LogP contribution in [0, 0.1) is 18.1 Å². The number of nitrogens with zero attached hydrogens (tertiary/aromatic N) is 3. The van der Waals surface area contributed by atoms with E-state index in [2.05, 4.69) is 163 Å². The quantitative estimate of drug-likeness (QED) is 0.118. The summed E-state index contributed by atoms with van der Waals surface area (Å²) in [5.74, 6) is 8.80. The van der Waals surface area contributed by atoms with Gasteiger partial charge in [-0.25, -0.2) is 0 Å². The molecule has 0 saturated carbocycles. The van der Waals surface area contributed by atoms with Gasteiger partial charge >= 0.3 is 126 Å². The number of furan rings is 1. The van der Waals surface area contributed by atoms with Gasteiger partial charge < -0.3 is 8.98 Å². The van der Waals surface area contributed by atoms with E-state index in [4.69, 9.17) is 14.4 Å². The predicted octanol–water partition coefficient (Wildman–Crippen LogP) is 13.5. The molecule has 0 saturated heterocycles. The number of hydrogen-bond donors (Lipinski definition) is 0. The molecule has 0 N–H and O–H groups in total. The Labute approximate surface area is 362 Å². The van der Waals surface area contributed by atoms with E-state index in [-0.39, 0.29) is 20.1 Å². The van der Waals surface area contributed by atoms with Gasteiger partial charge in [0.05, 0.1) is 22.4 Å². The summed E-state index contributed by atoms with van der Waals surface area (Å²) < 4.78 is 10.2. The fourth-order valence-electron chi connectivity index (χ4n) is 8.09. The first kappa shape index (κ1) is 40.2. The summed E-state index contributed by atoms with van der Waals surface area (Å²) in [6.07, 6.45) is 3.27. The Morgan fingerprint density at radius 2 is 1.42 bits per heavy atom. The van der Waals surface area contributed by atoms with Crippen LogP contribution in [0.2, 0.25) is 17.3 Å². The summed E-state index contributed by atoms with van der Waals surface area (Å²) in [4.78, 5) is 10.0. The molecule has 10 aromatic rings. The molecule has 0 aliphatic heterocycles. The minimum atomic E-state index is -1.86. The number of benzene rings is 7. The smallest absolute Gasteiger partial charge is 0.120 e. The van der Waals surface area contributed by atoms with Gasteiger partial charge in [0, 0.05) is 42.1 Å². The fraction of sp³-hybridized carbons (Fsp3) is 0.132. The maximum Gasteiger partial charge on any atom is 0.120 e. The molecular weight excluding hydrogens is 959 g/mol. The first-order chi connectivity index (χ1) is 28.2. The number of fused-ring (bicyclic) bond motifs is 6. The molecule has 293 valence electrons. The van der Waals surface area contributed by atoms with E-state index >= 15 is 0 Å². The normalized spacial score (nSPS) is 11.6. The summed E-state index contributed by atoms with van der Waals surface area (Å²) in [5, 5.41) is 4.45. The zero-order chi connectivity index (χ0) is 39.8. The zero-order valence-electron chi connectivity index (χ0n) is 34.0. The number of para-hydroxylation sites is 2. The molecule has 3 aromatic heterocycles. The van der Waals surface area contributed by atoms with Gasteiger partial charge in [-0.2, -0.15) is 0 Å². The van der Waals surface area contributed by atoms with Gasteiger partial charge in [0.25, 0.3) is 0 Å². The third kappa shape index (κ3) is 7.95. The fourth-order valence-corrected chi connectivity index (χ4v) is 11.4. The number of rotatable bonds is 7. The average molecular weight is 1000 g/mol. The van der Waals surface area contributed by atoms with Crippen molar-refractivity contribution in [3.8, 4) is 39.5 Å². The van der Waals surface area contributed by atoms with E-state index in [1.54, 1.807) is 4.40 Å². The molecule has 0 aliphatic rings. The molecule has 6 heteroatoms. The van der Waals surface area contributed by atoms with E-state index in [1.165, 1.54) is 10.9 Å². The summed E-state index contributed by atoms with van der Waals surface area (Å²) in [6, 6.07) is 61.2. The Hall–Kier alpha value is -5.59. The molecule has 1 radical (unpaired) electrons. The van der Waals surface area contributed by atoms with Gasteiger partial charge in [0.15, 0.2) is 0 Å². The van der Waals surface area contributed by atoms with Crippen molar-refractivity contribution in [1.29, 1.82) is 0 Å². The van der Waals surface area contributed by atoms with Gasteiger partial charge in [-0.05, 0) is 29.1 Å². The Kier molecular flexibility index (Phi) is 11.5. The van der Waals surface area contributed by atoms with Crippen LogP contribution in [-0.4, -0.2) is 27.8 Å². The van der Waals surface area contributed by atoms with Gasteiger partial charge in [-0.1, -0.05) is 108 Å². The van der Waals surface area contributed by atoms with Crippen LogP contribution in [0.5, 0.6) is 0 Å². The molecule has 0 atom stereocenters. The van der Waals surface area contributed by atoms with Gasteiger partial charge in [-0.15, -0.1) is 18.2 Å². The van der Waals surface area contributed by atoms with Crippen LogP contribution in [0.15, 0.2) is 168 Å². The minimum absolute atomic E-state index is 0. The first-order valence-corrected chi connectivity index (χ1v) is 27.4. The van der Waals surface area contributed by atoms with Crippen molar-refractivity contribution in [3.63, 3.8) is 0 Å². The number of aromatic nitrogens is 3. The van der Waals surface area contributed by atoms with E-state index in [0.29, 0.717) is 5.92 Å². The summed E-state index contributed by atoms with van der Waals surface area (Å²) in [6.45, 7) is 4.57. The Morgan fingerprint density at radius 3 is 2.20 bits per heavy atom. The van der Waals surface area contributed by atoms with Crippen LogP contribution in [0.4, 0.5) is 0 Å². The predicted molar refractivity (Wildman–Crippen MR) is 246 cm³/mol. The van der Waals surface area contributed by atoms with Gasteiger partial charge in [-0.3, -0.25) is 4.98 Å². The van der Waals surface area contributed by atoms with Crippen LogP contribution in [-0.2, 0) is 26.5 Å². The largest absolute Gasteiger partial charge is 0.501 e. The SMILES string of the molecule is CC(C)Cc1cc(-c2[c-]cccc2)nc[c]1[Ge]([CH3])([CH3])[CH3].[Ir].[c-]1ccc2c(oc3ccccc32)c1-c1nc2c3ccccc3ccc2n1-c1ccccc1-c1ccccc1. The second-order valence-electron chi connectivity index (χ2n) is 16.4. The minimum Gasteiger partial charge on any atom is -0.501 e. The molecular formula is C53H45GeIrN3O-2. The molecule has 4 nitrogen and oxygen atoms in total. The van der Waals surface area contributed by atoms with Crippen molar-refractivity contribution in [3.05, 3.63) is 182 Å². The maximum absolute atomic E-state index is 6.44. The molecule has 0 bridgehead atoms. The second kappa shape index (κ2) is 16.9. The van der Waals surface area contributed by atoms with Crippen molar-refractivity contribution < 1.29 is 24.5 Å². The molecule has 59 heavy (non-hydrogen) atoms. The Bertz CT molecular complexity index is 3050. The summed E-state index contributed by atoms with van der Waals surface area (Å²) in [5.41, 5.74) is 11.5. The van der Waals surface area contributed by atoms with E-state index in [9.17, 15) is 0 Å². The van der Waals surface area contributed by atoms with E-state index in [0.717, 1.165) is 84.2 Å². The molecule has 3 heterocycles. The number of pyridine rings is 1. The Morgan fingerprint density at radius 1 is 0.695 bits per heavy atom. The van der Waals surface area contributed by atoms with Gasteiger partial charge in [0.1, 0.15) is 5.58 Å².